The maximum Gasteiger partial charge on any atom is 0.122 e. The summed E-state index contributed by atoms with van der Waals surface area (Å²) >= 11 is 0. The molecule has 4 rings (SSSR count). The lowest BCUT2D eigenvalue weighted by molar-refractivity contribution is 0.357. The summed E-state index contributed by atoms with van der Waals surface area (Å²) in [5.74, 6) is 1.08. The first-order valence-corrected chi connectivity index (χ1v) is 7.99. The van der Waals surface area contributed by atoms with Gasteiger partial charge in [0.05, 0.1) is 6.61 Å². The molecule has 21 heavy (non-hydrogen) atoms. The van der Waals surface area contributed by atoms with Crippen LogP contribution in [0.1, 0.15) is 28.7 Å². The van der Waals surface area contributed by atoms with E-state index < -0.39 is 0 Å². The van der Waals surface area contributed by atoms with Gasteiger partial charge in [-0.1, -0.05) is 24.3 Å². The van der Waals surface area contributed by atoms with Gasteiger partial charge < -0.3 is 10.1 Å². The number of fused-ring (bicyclic) bond motifs is 2. The molecule has 0 saturated carbocycles. The molecule has 2 aliphatic heterocycles. The summed E-state index contributed by atoms with van der Waals surface area (Å²) in [7, 11) is 0. The van der Waals surface area contributed by atoms with Crippen molar-refractivity contribution in [2.75, 3.05) is 18.5 Å². The molecule has 0 radical (unpaired) electrons. The molecule has 0 amide bonds. The fraction of sp³-hybridized carbons (Fsp3) is 0.368. The lowest BCUT2D eigenvalue weighted by atomic mass is 9.97. The highest BCUT2D eigenvalue weighted by molar-refractivity contribution is 5.55. The molecule has 0 aliphatic carbocycles. The van der Waals surface area contributed by atoms with Crippen molar-refractivity contribution in [1.29, 1.82) is 0 Å². The molecule has 0 fully saturated rings. The highest BCUT2D eigenvalue weighted by Crippen LogP contribution is 2.27. The van der Waals surface area contributed by atoms with Gasteiger partial charge in [0.1, 0.15) is 5.75 Å². The maximum atomic E-state index is 5.57. The third-order valence-corrected chi connectivity index (χ3v) is 4.57. The van der Waals surface area contributed by atoms with E-state index in [1.54, 1.807) is 0 Å². The molecule has 108 valence electrons. The Balaban J connectivity index is 1.47. The molecule has 2 aliphatic rings. The smallest absolute Gasteiger partial charge is 0.122 e. The van der Waals surface area contributed by atoms with Crippen LogP contribution in [0.5, 0.6) is 5.75 Å². The van der Waals surface area contributed by atoms with Crippen LogP contribution < -0.4 is 10.1 Å². The van der Waals surface area contributed by atoms with Crippen LogP contribution in [0.15, 0.2) is 36.4 Å². The number of anilines is 1. The van der Waals surface area contributed by atoms with Crippen LogP contribution in [0.3, 0.4) is 0 Å². The van der Waals surface area contributed by atoms with Gasteiger partial charge in [-0.25, -0.2) is 0 Å². The third kappa shape index (κ3) is 2.63. The molecule has 2 aromatic carbocycles. The minimum atomic E-state index is 0.843. The lowest BCUT2D eigenvalue weighted by Crippen LogP contribution is -2.11. The lowest BCUT2D eigenvalue weighted by Gasteiger charge is -2.18. The summed E-state index contributed by atoms with van der Waals surface area (Å²) in [6.45, 7) is 1.95. The normalized spacial score (nSPS) is 15.8. The van der Waals surface area contributed by atoms with E-state index in [-0.39, 0.29) is 0 Å². The van der Waals surface area contributed by atoms with E-state index in [1.165, 1.54) is 40.8 Å². The van der Waals surface area contributed by atoms with Crippen molar-refractivity contribution in [3.63, 3.8) is 0 Å². The standard InChI is InChI=1S/C19H21NO/c1-2-16-7-5-15(13-18(16)20-10-1)4-3-14-6-8-19-17(12-14)9-11-21-19/h5-8,12-13,20H,1-4,9-11H2. The number of nitrogens with one attached hydrogen (secondary N) is 1. The number of ether oxygens (including phenoxy) is 1. The van der Waals surface area contributed by atoms with Gasteiger partial charge in [-0.15, -0.1) is 0 Å². The number of benzene rings is 2. The first-order valence-electron chi connectivity index (χ1n) is 7.99. The van der Waals surface area contributed by atoms with Crippen molar-refractivity contribution < 1.29 is 4.74 Å². The highest BCUT2D eigenvalue weighted by atomic mass is 16.5. The second-order valence-electron chi connectivity index (χ2n) is 6.06. The van der Waals surface area contributed by atoms with Gasteiger partial charge in [0.15, 0.2) is 0 Å². The number of hydrogen-bond donors (Lipinski definition) is 1. The van der Waals surface area contributed by atoms with Crippen LogP contribution in [0, 0.1) is 0 Å². The topological polar surface area (TPSA) is 21.3 Å². The molecule has 2 heteroatoms. The molecule has 0 spiro atoms. The van der Waals surface area contributed by atoms with Crippen molar-refractivity contribution in [3.8, 4) is 5.75 Å². The van der Waals surface area contributed by atoms with Crippen LogP contribution in [-0.4, -0.2) is 13.2 Å². The van der Waals surface area contributed by atoms with E-state index in [1.807, 2.05) is 0 Å². The van der Waals surface area contributed by atoms with Crippen molar-refractivity contribution in [3.05, 3.63) is 58.7 Å². The summed E-state index contributed by atoms with van der Waals surface area (Å²) in [5.41, 5.74) is 7.05. The Labute approximate surface area is 126 Å². The van der Waals surface area contributed by atoms with Gasteiger partial charge in [0.2, 0.25) is 0 Å². The molecule has 0 atom stereocenters. The minimum Gasteiger partial charge on any atom is -0.493 e. The Morgan fingerprint density at radius 1 is 0.905 bits per heavy atom. The van der Waals surface area contributed by atoms with Gasteiger partial charge in [-0.05, 0) is 60.1 Å². The van der Waals surface area contributed by atoms with Crippen molar-refractivity contribution in [2.24, 2.45) is 0 Å². The van der Waals surface area contributed by atoms with Crippen molar-refractivity contribution >= 4 is 5.69 Å². The Kier molecular flexibility index (Phi) is 3.30. The average Bonchev–Trinajstić information content (AvgIpc) is 3.00. The number of hydrogen-bond acceptors (Lipinski definition) is 2. The summed E-state index contributed by atoms with van der Waals surface area (Å²) in [6.07, 6.45) is 5.74. The fourth-order valence-electron chi connectivity index (χ4n) is 3.35. The SMILES string of the molecule is c1cc2c(cc1CCc1ccc3c(c1)NCCC3)CCO2. The molecule has 1 N–H and O–H groups in total. The first kappa shape index (κ1) is 12.8. The average molecular weight is 279 g/mol. The Hall–Kier alpha value is -1.96. The van der Waals surface area contributed by atoms with Crippen LogP contribution in [0.4, 0.5) is 5.69 Å². The summed E-state index contributed by atoms with van der Waals surface area (Å²) in [6, 6.07) is 13.6. The number of aryl methyl sites for hydroxylation is 3. The second kappa shape index (κ2) is 5.44. The maximum absolute atomic E-state index is 5.57. The van der Waals surface area contributed by atoms with Gasteiger partial charge in [-0.2, -0.15) is 0 Å². The van der Waals surface area contributed by atoms with Crippen LogP contribution in [-0.2, 0) is 25.7 Å². The largest absolute Gasteiger partial charge is 0.493 e. The van der Waals surface area contributed by atoms with E-state index in [2.05, 4.69) is 41.7 Å². The van der Waals surface area contributed by atoms with E-state index in [4.69, 9.17) is 4.74 Å². The summed E-state index contributed by atoms with van der Waals surface area (Å²) < 4.78 is 5.57. The number of rotatable bonds is 3. The Bertz CT molecular complexity index is 663. The van der Waals surface area contributed by atoms with Crippen LogP contribution >= 0.6 is 0 Å². The Morgan fingerprint density at radius 2 is 1.76 bits per heavy atom. The zero-order valence-electron chi connectivity index (χ0n) is 12.3. The van der Waals surface area contributed by atoms with Gasteiger partial charge in [0, 0.05) is 18.7 Å². The molecular weight excluding hydrogens is 258 g/mol. The summed E-state index contributed by atoms with van der Waals surface area (Å²) in [4.78, 5) is 0. The molecule has 0 bridgehead atoms. The van der Waals surface area contributed by atoms with Crippen molar-refractivity contribution in [1.82, 2.24) is 0 Å². The first-order chi connectivity index (χ1) is 10.4. The van der Waals surface area contributed by atoms with E-state index in [0.717, 1.165) is 38.2 Å². The van der Waals surface area contributed by atoms with Gasteiger partial charge in [0.25, 0.3) is 0 Å². The predicted octanol–water partition coefficient (Wildman–Crippen LogP) is 3.76. The Morgan fingerprint density at radius 3 is 2.71 bits per heavy atom. The molecule has 2 aromatic rings. The van der Waals surface area contributed by atoms with E-state index in [9.17, 15) is 0 Å². The monoisotopic (exact) mass is 279 g/mol. The minimum absolute atomic E-state index is 0.843. The van der Waals surface area contributed by atoms with Crippen molar-refractivity contribution in [2.45, 2.75) is 32.1 Å². The van der Waals surface area contributed by atoms with E-state index >= 15 is 0 Å². The zero-order chi connectivity index (χ0) is 14.1. The molecule has 2 heterocycles. The van der Waals surface area contributed by atoms with E-state index in [0.29, 0.717) is 0 Å². The van der Waals surface area contributed by atoms with Gasteiger partial charge >= 0.3 is 0 Å². The molecule has 0 saturated heterocycles. The van der Waals surface area contributed by atoms with Crippen LogP contribution in [0.25, 0.3) is 0 Å². The highest BCUT2D eigenvalue weighted by Gasteiger charge is 2.12. The molecule has 0 aromatic heterocycles. The predicted molar refractivity (Wildman–Crippen MR) is 86.3 cm³/mol. The summed E-state index contributed by atoms with van der Waals surface area (Å²) in [5, 5.41) is 3.52. The van der Waals surface area contributed by atoms with Gasteiger partial charge in [-0.3, -0.25) is 0 Å². The molecule has 0 unspecified atom stereocenters. The molecular formula is C19H21NO. The third-order valence-electron chi connectivity index (χ3n) is 4.57. The fourth-order valence-corrected chi connectivity index (χ4v) is 3.35. The molecule has 2 nitrogen and oxygen atoms in total. The van der Waals surface area contributed by atoms with Crippen LogP contribution in [0.2, 0.25) is 0 Å². The zero-order valence-corrected chi connectivity index (χ0v) is 12.3. The second-order valence-corrected chi connectivity index (χ2v) is 6.06. The quantitative estimate of drug-likeness (QED) is 0.923.